The van der Waals surface area contributed by atoms with Crippen molar-refractivity contribution in [1.29, 1.82) is 0 Å². The summed E-state index contributed by atoms with van der Waals surface area (Å²) in [6, 6.07) is 9.26. The Morgan fingerprint density at radius 3 is 2.68 bits per heavy atom. The number of hydrogen-bond donors (Lipinski definition) is 1. The topological polar surface area (TPSA) is 57.6 Å². The first kappa shape index (κ1) is 13.2. The highest BCUT2D eigenvalue weighted by Crippen LogP contribution is 2.16. The Labute approximate surface area is 112 Å². The highest BCUT2D eigenvalue weighted by Gasteiger charge is 2.27. The van der Waals surface area contributed by atoms with E-state index in [1.54, 1.807) is 0 Å². The number of nitrogens with zero attached hydrogens (tertiary/aromatic N) is 1. The van der Waals surface area contributed by atoms with E-state index < -0.39 is 11.9 Å². The van der Waals surface area contributed by atoms with Crippen LogP contribution in [0.2, 0.25) is 0 Å². The number of rotatable bonds is 1. The molecule has 98 valence electrons. The number of carboxylic acid groups (broad SMARTS) is 1. The van der Waals surface area contributed by atoms with Crippen LogP contribution in [0.3, 0.4) is 0 Å². The van der Waals surface area contributed by atoms with Gasteiger partial charge in [0, 0.05) is 24.6 Å². The van der Waals surface area contributed by atoms with Gasteiger partial charge in [0.15, 0.2) is 0 Å². The molecule has 0 spiro atoms. The maximum absolute atomic E-state index is 11.9. The van der Waals surface area contributed by atoms with Gasteiger partial charge in [-0.25, -0.2) is 0 Å². The van der Waals surface area contributed by atoms with Gasteiger partial charge in [-0.2, -0.15) is 0 Å². The van der Waals surface area contributed by atoms with E-state index in [4.69, 9.17) is 5.11 Å². The van der Waals surface area contributed by atoms with Gasteiger partial charge >= 0.3 is 5.97 Å². The van der Waals surface area contributed by atoms with E-state index >= 15 is 0 Å². The monoisotopic (exact) mass is 257 g/mol. The van der Waals surface area contributed by atoms with Crippen molar-refractivity contribution in [2.45, 2.75) is 12.8 Å². The molecule has 1 aromatic carbocycles. The first-order valence-electron chi connectivity index (χ1n) is 6.25. The third-order valence-electron chi connectivity index (χ3n) is 3.15. The Hall–Kier alpha value is -2.28. The summed E-state index contributed by atoms with van der Waals surface area (Å²) >= 11 is 0. The molecule has 0 aliphatic carbocycles. The van der Waals surface area contributed by atoms with Crippen molar-refractivity contribution in [3.05, 3.63) is 35.9 Å². The minimum absolute atomic E-state index is 0.262. The highest BCUT2D eigenvalue weighted by atomic mass is 16.4. The van der Waals surface area contributed by atoms with Crippen molar-refractivity contribution in [1.82, 2.24) is 4.90 Å². The van der Waals surface area contributed by atoms with Crippen LogP contribution < -0.4 is 0 Å². The number of piperidine rings is 1. The molecule has 1 saturated heterocycles. The summed E-state index contributed by atoms with van der Waals surface area (Å²) in [5.41, 5.74) is 0.780. The normalized spacial score (nSPS) is 18.3. The van der Waals surface area contributed by atoms with Crippen molar-refractivity contribution in [3.63, 3.8) is 0 Å². The number of carbonyl (C=O) groups is 2. The van der Waals surface area contributed by atoms with Crippen molar-refractivity contribution in [2.24, 2.45) is 5.92 Å². The summed E-state index contributed by atoms with van der Waals surface area (Å²) in [5, 5.41) is 8.97. The third kappa shape index (κ3) is 3.59. The van der Waals surface area contributed by atoms with Gasteiger partial charge in [-0.15, -0.1) is 0 Å². The fraction of sp³-hybridized carbons (Fsp3) is 0.333. The Bertz CT molecular complexity index is 527. The maximum Gasteiger partial charge on any atom is 0.308 e. The molecule has 1 atom stereocenters. The number of aliphatic carboxylic acids is 1. The fourth-order valence-electron chi connectivity index (χ4n) is 2.09. The molecule has 1 N–H and O–H groups in total. The second-order valence-corrected chi connectivity index (χ2v) is 4.54. The molecule has 4 nitrogen and oxygen atoms in total. The molecule has 4 heteroatoms. The first-order valence-corrected chi connectivity index (χ1v) is 6.25. The molecule has 1 aliphatic heterocycles. The van der Waals surface area contributed by atoms with Gasteiger partial charge in [-0.1, -0.05) is 24.1 Å². The standard InChI is InChI=1S/C15H15NO3/c17-14(9-8-12-5-2-1-3-6-12)16-10-4-7-13(11-16)15(18)19/h1-3,5-6,13H,4,7,10-11H2,(H,18,19). The van der Waals surface area contributed by atoms with Gasteiger partial charge in [0.05, 0.1) is 5.92 Å². The molecule has 0 aromatic heterocycles. The van der Waals surface area contributed by atoms with Crippen molar-refractivity contribution in [3.8, 4) is 11.8 Å². The second kappa shape index (κ2) is 6.05. The van der Waals surface area contributed by atoms with Gasteiger partial charge in [0.1, 0.15) is 0 Å². The zero-order valence-corrected chi connectivity index (χ0v) is 10.5. The van der Waals surface area contributed by atoms with Gasteiger partial charge < -0.3 is 10.0 Å². The van der Waals surface area contributed by atoms with Crippen molar-refractivity contribution < 1.29 is 14.7 Å². The Kier molecular flexibility index (Phi) is 4.19. The van der Waals surface area contributed by atoms with E-state index in [2.05, 4.69) is 11.8 Å². The van der Waals surface area contributed by atoms with E-state index in [9.17, 15) is 9.59 Å². The van der Waals surface area contributed by atoms with Crippen LogP contribution in [0.1, 0.15) is 18.4 Å². The molecule has 1 unspecified atom stereocenters. The average Bonchev–Trinajstić information content (AvgIpc) is 2.46. The highest BCUT2D eigenvalue weighted by molar-refractivity contribution is 5.94. The summed E-state index contributed by atoms with van der Waals surface area (Å²) in [5.74, 6) is 3.77. The van der Waals surface area contributed by atoms with E-state index in [0.29, 0.717) is 13.0 Å². The Morgan fingerprint density at radius 2 is 2.00 bits per heavy atom. The van der Waals surface area contributed by atoms with E-state index in [1.165, 1.54) is 4.90 Å². The number of likely N-dealkylation sites (tertiary alicyclic amines) is 1. The van der Waals surface area contributed by atoms with Gasteiger partial charge in [-0.05, 0) is 25.0 Å². The zero-order chi connectivity index (χ0) is 13.7. The second-order valence-electron chi connectivity index (χ2n) is 4.54. The lowest BCUT2D eigenvalue weighted by Crippen LogP contribution is -2.41. The first-order chi connectivity index (χ1) is 9.16. The van der Waals surface area contributed by atoms with E-state index in [0.717, 1.165) is 12.0 Å². The molecule has 1 heterocycles. The minimum Gasteiger partial charge on any atom is -0.481 e. The minimum atomic E-state index is -0.839. The van der Waals surface area contributed by atoms with Crippen molar-refractivity contribution in [2.75, 3.05) is 13.1 Å². The summed E-state index contributed by atoms with van der Waals surface area (Å²) in [7, 11) is 0. The number of benzene rings is 1. The quantitative estimate of drug-likeness (QED) is 0.773. The van der Waals surface area contributed by atoms with Gasteiger partial charge in [0.25, 0.3) is 5.91 Å². The average molecular weight is 257 g/mol. The Balaban J connectivity index is 2.00. The molecule has 0 radical (unpaired) electrons. The van der Waals surface area contributed by atoms with Crippen LogP contribution in [0.5, 0.6) is 0 Å². The van der Waals surface area contributed by atoms with Crippen LogP contribution >= 0.6 is 0 Å². The lowest BCUT2D eigenvalue weighted by molar-refractivity contribution is -0.144. The lowest BCUT2D eigenvalue weighted by Gasteiger charge is -2.28. The molecule has 19 heavy (non-hydrogen) atoms. The third-order valence-corrected chi connectivity index (χ3v) is 3.15. The van der Waals surface area contributed by atoms with E-state index in [1.807, 2.05) is 30.3 Å². The van der Waals surface area contributed by atoms with Crippen LogP contribution in [0, 0.1) is 17.8 Å². The fourth-order valence-corrected chi connectivity index (χ4v) is 2.09. The molecule has 0 bridgehead atoms. The molecular weight excluding hydrogens is 242 g/mol. The predicted molar refractivity (Wildman–Crippen MR) is 70.3 cm³/mol. The van der Waals surface area contributed by atoms with Crippen LogP contribution in [0.4, 0.5) is 0 Å². The van der Waals surface area contributed by atoms with Crippen LogP contribution in [-0.4, -0.2) is 35.0 Å². The molecule has 2 rings (SSSR count). The largest absolute Gasteiger partial charge is 0.481 e. The van der Waals surface area contributed by atoms with Crippen LogP contribution in [0.15, 0.2) is 30.3 Å². The zero-order valence-electron chi connectivity index (χ0n) is 10.5. The molecule has 0 saturated carbocycles. The maximum atomic E-state index is 11.9. The Morgan fingerprint density at radius 1 is 1.26 bits per heavy atom. The summed E-state index contributed by atoms with van der Waals surface area (Å²) in [6.45, 7) is 0.851. The van der Waals surface area contributed by atoms with Crippen LogP contribution in [-0.2, 0) is 9.59 Å². The number of carboxylic acids is 1. The molecular formula is C15H15NO3. The molecule has 1 fully saturated rings. The SMILES string of the molecule is O=C(O)C1CCCN(C(=O)C#Cc2ccccc2)C1. The van der Waals surface area contributed by atoms with Crippen LogP contribution in [0.25, 0.3) is 0 Å². The summed E-state index contributed by atoms with van der Waals surface area (Å²) in [4.78, 5) is 24.4. The summed E-state index contributed by atoms with van der Waals surface area (Å²) < 4.78 is 0. The van der Waals surface area contributed by atoms with Gasteiger partial charge in [0.2, 0.25) is 0 Å². The smallest absolute Gasteiger partial charge is 0.308 e. The van der Waals surface area contributed by atoms with E-state index in [-0.39, 0.29) is 12.5 Å². The molecule has 1 amide bonds. The predicted octanol–water partition coefficient (Wildman–Crippen LogP) is 1.36. The molecule has 1 aromatic rings. The van der Waals surface area contributed by atoms with Crippen molar-refractivity contribution >= 4 is 11.9 Å². The number of hydrogen-bond acceptors (Lipinski definition) is 2. The number of carbonyl (C=O) groups excluding carboxylic acids is 1. The molecule has 1 aliphatic rings. The number of amides is 1. The van der Waals surface area contributed by atoms with Gasteiger partial charge in [-0.3, -0.25) is 9.59 Å². The lowest BCUT2D eigenvalue weighted by atomic mass is 9.98. The summed E-state index contributed by atoms with van der Waals surface area (Å²) in [6.07, 6.45) is 1.35.